The van der Waals surface area contributed by atoms with E-state index in [9.17, 15) is 0 Å². The van der Waals surface area contributed by atoms with Gasteiger partial charge in [-0.3, -0.25) is 0 Å². The van der Waals surface area contributed by atoms with Crippen LogP contribution in [0, 0.1) is 0 Å². The van der Waals surface area contributed by atoms with Crippen LogP contribution in [0.4, 0.5) is 0 Å². The first-order chi connectivity index (χ1) is 4.91. The lowest BCUT2D eigenvalue weighted by Gasteiger charge is -1.82. The Hall–Kier alpha value is -1.25. The van der Waals surface area contributed by atoms with E-state index in [2.05, 4.69) is 10.4 Å². The third-order valence-corrected chi connectivity index (χ3v) is 0.865. The van der Waals surface area contributed by atoms with E-state index in [0.29, 0.717) is 0 Å². The molecule has 0 aliphatic rings. The predicted molar refractivity (Wildman–Crippen MR) is 44.6 cm³/mol. The minimum absolute atomic E-state index is 0.896. The molecule has 0 aliphatic heterocycles. The van der Waals surface area contributed by atoms with E-state index in [-0.39, 0.29) is 0 Å². The zero-order valence-electron chi connectivity index (χ0n) is 6.12. The number of rotatable bonds is 4. The summed E-state index contributed by atoms with van der Waals surface area (Å²) >= 11 is 0. The van der Waals surface area contributed by atoms with Crippen LogP contribution >= 0.6 is 0 Å². The van der Waals surface area contributed by atoms with Crippen LogP contribution in [0.15, 0.2) is 29.5 Å². The second-order valence-corrected chi connectivity index (χ2v) is 1.65. The van der Waals surface area contributed by atoms with Crippen molar-refractivity contribution in [3.05, 3.63) is 24.4 Å². The molecule has 0 unspecified atom stereocenters. The van der Waals surface area contributed by atoms with Gasteiger partial charge < -0.3 is 11.2 Å². The monoisotopic (exact) mass is 139 g/mol. The van der Waals surface area contributed by atoms with Crippen LogP contribution in [-0.4, -0.2) is 13.3 Å². The zero-order valence-corrected chi connectivity index (χ0v) is 6.12. The van der Waals surface area contributed by atoms with Gasteiger partial charge in [-0.25, -0.2) is 0 Å². The molecule has 56 valence electrons. The summed E-state index contributed by atoms with van der Waals surface area (Å²) in [6, 6.07) is 0. The van der Waals surface area contributed by atoms with Gasteiger partial charge in [0.2, 0.25) is 0 Å². The van der Waals surface area contributed by atoms with Crippen molar-refractivity contribution in [1.29, 1.82) is 0 Å². The van der Waals surface area contributed by atoms with Crippen molar-refractivity contribution in [2.24, 2.45) is 10.9 Å². The molecule has 0 aliphatic carbocycles. The van der Waals surface area contributed by atoms with Crippen LogP contribution in [0.2, 0.25) is 0 Å². The lowest BCUT2D eigenvalue weighted by atomic mass is 10.4. The van der Waals surface area contributed by atoms with Gasteiger partial charge in [-0.15, -0.1) is 0 Å². The molecule has 0 radical (unpaired) electrons. The highest BCUT2D eigenvalue weighted by molar-refractivity contribution is 5.70. The first-order valence-electron chi connectivity index (χ1n) is 3.12. The van der Waals surface area contributed by atoms with Crippen molar-refractivity contribution in [2.75, 3.05) is 7.05 Å². The second-order valence-electron chi connectivity index (χ2n) is 1.65. The Labute approximate surface area is 61.3 Å². The van der Waals surface area contributed by atoms with Crippen LogP contribution < -0.4 is 11.2 Å². The number of hydrogen-bond acceptors (Lipinski definition) is 3. The highest BCUT2D eigenvalue weighted by Gasteiger charge is 1.66. The van der Waals surface area contributed by atoms with Crippen molar-refractivity contribution in [2.45, 2.75) is 6.42 Å². The zero-order chi connectivity index (χ0) is 7.66. The average Bonchev–Trinajstić information content (AvgIpc) is 1.97. The Morgan fingerprint density at radius 1 is 1.50 bits per heavy atom. The molecule has 0 bridgehead atoms. The molecular formula is C7H13N3. The first kappa shape index (κ1) is 8.75. The van der Waals surface area contributed by atoms with Crippen molar-refractivity contribution in [1.82, 2.24) is 5.32 Å². The summed E-state index contributed by atoms with van der Waals surface area (Å²) < 4.78 is 0. The largest absolute Gasteiger partial charge is 0.394 e. The summed E-state index contributed by atoms with van der Waals surface area (Å²) in [6.07, 6.45) is 10.1. The van der Waals surface area contributed by atoms with Crippen LogP contribution in [0.5, 0.6) is 0 Å². The number of nitrogens with zero attached hydrogens (tertiary/aromatic N) is 1. The predicted octanol–water partition coefficient (Wildman–Crippen LogP) is 0.610. The molecule has 10 heavy (non-hydrogen) atoms. The van der Waals surface area contributed by atoms with E-state index in [4.69, 9.17) is 5.84 Å². The Morgan fingerprint density at radius 2 is 2.30 bits per heavy atom. The van der Waals surface area contributed by atoms with E-state index >= 15 is 0 Å². The molecule has 0 saturated heterocycles. The number of allylic oxidation sites excluding steroid dienone is 3. The summed E-state index contributed by atoms with van der Waals surface area (Å²) in [7, 11) is 1.86. The van der Waals surface area contributed by atoms with Gasteiger partial charge in [-0.1, -0.05) is 12.2 Å². The van der Waals surface area contributed by atoms with E-state index in [1.54, 1.807) is 12.3 Å². The van der Waals surface area contributed by atoms with Crippen LogP contribution in [0.1, 0.15) is 6.42 Å². The van der Waals surface area contributed by atoms with E-state index in [1.807, 2.05) is 25.4 Å². The van der Waals surface area contributed by atoms with Crippen LogP contribution in [0.25, 0.3) is 0 Å². The Balaban J connectivity index is 3.26. The fourth-order valence-electron chi connectivity index (χ4n) is 0.454. The SMILES string of the molecule is CN/C=C\C/C=C\C=N/N. The molecule has 3 heteroatoms. The van der Waals surface area contributed by atoms with Crippen molar-refractivity contribution in [3.8, 4) is 0 Å². The molecule has 0 spiro atoms. The van der Waals surface area contributed by atoms with E-state index in [0.717, 1.165) is 6.42 Å². The highest BCUT2D eigenvalue weighted by Crippen LogP contribution is 1.81. The first-order valence-corrected chi connectivity index (χ1v) is 3.12. The van der Waals surface area contributed by atoms with Gasteiger partial charge in [0.25, 0.3) is 0 Å². The third-order valence-electron chi connectivity index (χ3n) is 0.865. The number of nitrogens with two attached hydrogens (primary N) is 1. The lowest BCUT2D eigenvalue weighted by molar-refractivity contribution is 1.09. The number of hydrogen-bond donors (Lipinski definition) is 2. The number of hydrazone groups is 1. The third kappa shape index (κ3) is 6.75. The summed E-state index contributed by atoms with van der Waals surface area (Å²) in [5.74, 6) is 4.86. The molecule has 3 nitrogen and oxygen atoms in total. The minimum Gasteiger partial charge on any atom is -0.394 e. The molecular weight excluding hydrogens is 126 g/mol. The molecule has 0 aromatic heterocycles. The quantitative estimate of drug-likeness (QED) is 0.340. The fourth-order valence-corrected chi connectivity index (χ4v) is 0.454. The van der Waals surface area contributed by atoms with E-state index < -0.39 is 0 Å². The van der Waals surface area contributed by atoms with Crippen molar-refractivity contribution < 1.29 is 0 Å². The summed E-state index contributed by atoms with van der Waals surface area (Å²) in [5, 5.41) is 6.19. The maximum atomic E-state index is 4.86. The minimum atomic E-state index is 0.896. The average molecular weight is 139 g/mol. The smallest absolute Gasteiger partial charge is 0.0462 e. The van der Waals surface area contributed by atoms with Gasteiger partial charge in [0.05, 0.1) is 0 Å². The standard InChI is InChI=1S/C7H13N3/c1-9-6-4-2-3-5-7-10-8/h3-7,9H,2,8H2,1H3/b5-3-,6-4-,10-7-. The van der Waals surface area contributed by atoms with Gasteiger partial charge in [-0.05, 0) is 18.7 Å². The van der Waals surface area contributed by atoms with Gasteiger partial charge in [-0.2, -0.15) is 5.10 Å². The summed E-state index contributed by atoms with van der Waals surface area (Å²) in [4.78, 5) is 0. The maximum absolute atomic E-state index is 4.86. The molecule has 0 aromatic carbocycles. The maximum Gasteiger partial charge on any atom is 0.0462 e. The number of nitrogens with one attached hydrogen (secondary N) is 1. The molecule has 0 rings (SSSR count). The molecule has 0 fully saturated rings. The van der Waals surface area contributed by atoms with Gasteiger partial charge in [0, 0.05) is 13.3 Å². The lowest BCUT2D eigenvalue weighted by Crippen LogP contribution is -1.90. The fraction of sp³-hybridized carbons (Fsp3) is 0.286. The Morgan fingerprint density at radius 3 is 2.90 bits per heavy atom. The molecule has 0 heterocycles. The summed E-state index contributed by atoms with van der Waals surface area (Å²) in [5.41, 5.74) is 0. The van der Waals surface area contributed by atoms with Crippen molar-refractivity contribution >= 4 is 6.21 Å². The normalized spacial score (nSPS) is 12.1. The van der Waals surface area contributed by atoms with Crippen LogP contribution in [0.3, 0.4) is 0 Å². The molecule has 0 aromatic rings. The molecule has 0 amide bonds. The van der Waals surface area contributed by atoms with E-state index in [1.165, 1.54) is 0 Å². The molecule has 3 N–H and O–H groups in total. The van der Waals surface area contributed by atoms with Gasteiger partial charge in [0.15, 0.2) is 0 Å². The molecule has 0 atom stereocenters. The summed E-state index contributed by atoms with van der Waals surface area (Å²) in [6.45, 7) is 0. The highest BCUT2D eigenvalue weighted by atomic mass is 15.1. The Bertz CT molecular complexity index is 136. The van der Waals surface area contributed by atoms with Crippen LogP contribution in [-0.2, 0) is 0 Å². The molecule has 0 saturated carbocycles. The second kappa shape index (κ2) is 7.75. The van der Waals surface area contributed by atoms with Gasteiger partial charge >= 0.3 is 0 Å². The van der Waals surface area contributed by atoms with Gasteiger partial charge in [0.1, 0.15) is 0 Å². The Kier molecular flexibility index (Phi) is 6.78. The topological polar surface area (TPSA) is 50.4 Å². The van der Waals surface area contributed by atoms with Crippen molar-refractivity contribution in [3.63, 3.8) is 0 Å².